The van der Waals surface area contributed by atoms with Gasteiger partial charge in [0.1, 0.15) is 5.76 Å². The van der Waals surface area contributed by atoms with Crippen molar-refractivity contribution in [2.75, 3.05) is 11.5 Å². The number of carbonyl (C=O) groups excluding carboxylic acids is 1. The topological polar surface area (TPSA) is 67.6 Å². The highest BCUT2D eigenvalue weighted by atomic mass is 35.5. The number of benzene rings is 1. The summed E-state index contributed by atoms with van der Waals surface area (Å²) in [6.07, 6.45) is 1.92. The van der Waals surface area contributed by atoms with Crippen molar-refractivity contribution in [1.29, 1.82) is 0 Å². The Morgan fingerprint density at radius 3 is 2.67 bits per heavy atom. The van der Waals surface area contributed by atoms with Crippen LogP contribution in [0.5, 0.6) is 0 Å². The van der Waals surface area contributed by atoms with Gasteiger partial charge in [-0.3, -0.25) is 4.79 Å². The molecule has 1 aliphatic heterocycles. The number of hydrogen-bond donors (Lipinski definition) is 0. The van der Waals surface area contributed by atoms with E-state index < -0.39 is 15.9 Å². The van der Waals surface area contributed by atoms with E-state index in [4.69, 9.17) is 27.6 Å². The van der Waals surface area contributed by atoms with Gasteiger partial charge in [0, 0.05) is 11.1 Å². The Bertz CT molecular complexity index is 849. The summed E-state index contributed by atoms with van der Waals surface area (Å²) in [5.41, 5.74) is 0.289. The van der Waals surface area contributed by atoms with Crippen molar-refractivity contribution in [3.8, 4) is 0 Å². The number of carbonyl (C=O) groups is 1. The van der Waals surface area contributed by atoms with Crippen molar-refractivity contribution in [1.82, 2.24) is 4.90 Å². The van der Waals surface area contributed by atoms with E-state index >= 15 is 0 Å². The highest BCUT2D eigenvalue weighted by molar-refractivity contribution is 7.91. The number of sulfone groups is 1. The van der Waals surface area contributed by atoms with Gasteiger partial charge in [0.15, 0.2) is 9.84 Å². The first-order valence-corrected chi connectivity index (χ1v) is 9.92. The minimum absolute atomic E-state index is 0.0509. The third kappa shape index (κ3) is 3.77. The lowest BCUT2D eigenvalue weighted by Gasteiger charge is -2.28. The second kappa shape index (κ2) is 6.78. The zero-order chi connectivity index (χ0) is 17.3. The van der Waals surface area contributed by atoms with E-state index in [1.807, 2.05) is 0 Å². The van der Waals surface area contributed by atoms with Crippen LogP contribution in [0.4, 0.5) is 0 Å². The molecule has 0 radical (unpaired) electrons. The van der Waals surface area contributed by atoms with Crippen LogP contribution in [-0.2, 0) is 16.4 Å². The van der Waals surface area contributed by atoms with E-state index in [9.17, 15) is 13.2 Å². The highest BCUT2D eigenvalue weighted by Gasteiger charge is 2.36. The molecule has 8 heteroatoms. The smallest absolute Gasteiger partial charge is 0.256 e. The van der Waals surface area contributed by atoms with Crippen molar-refractivity contribution >= 4 is 38.9 Å². The summed E-state index contributed by atoms with van der Waals surface area (Å²) in [5.74, 6) is 0.270. The summed E-state index contributed by atoms with van der Waals surface area (Å²) in [7, 11) is -3.13. The van der Waals surface area contributed by atoms with Crippen LogP contribution in [0.15, 0.2) is 41.0 Å². The normalized spacial score (nSPS) is 19.3. The quantitative estimate of drug-likeness (QED) is 0.805. The molecule has 2 heterocycles. The average Bonchev–Trinajstić information content (AvgIpc) is 3.13. The summed E-state index contributed by atoms with van der Waals surface area (Å²) >= 11 is 12.0. The minimum Gasteiger partial charge on any atom is -0.467 e. The fourth-order valence-corrected chi connectivity index (χ4v) is 5.00. The Morgan fingerprint density at radius 1 is 1.29 bits per heavy atom. The molecule has 1 aromatic carbocycles. The standard InChI is InChI=1S/C16H15Cl2NO4S/c17-11-3-4-14(15(18)8-11)16(20)19(9-13-2-1-6-23-13)12-5-7-24(21,22)10-12/h1-4,6,8,12H,5,7,9-10H2/t12-/m1/s1. The Hall–Kier alpha value is -1.50. The van der Waals surface area contributed by atoms with Crippen LogP contribution in [0, 0.1) is 0 Å². The van der Waals surface area contributed by atoms with Crippen LogP contribution < -0.4 is 0 Å². The van der Waals surface area contributed by atoms with Crippen LogP contribution in [0.1, 0.15) is 22.5 Å². The lowest BCUT2D eigenvalue weighted by molar-refractivity contribution is 0.0666. The van der Waals surface area contributed by atoms with Gasteiger partial charge < -0.3 is 9.32 Å². The van der Waals surface area contributed by atoms with Gasteiger partial charge in [0.05, 0.1) is 34.9 Å². The molecule has 3 rings (SSSR count). The van der Waals surface area contributed by atoms with Crippen LogP contribution >= 0.6 is 23.2 Å². The molecule has 0 aliphatic carbocycles. The first kappa shape index (κ1) is 17.3. The average molecular weight is 388 g/mol. The molecular weight excluding hydrogens is 373 g/mol. The second-order valence-electron chi connectivity index (χ2n) is 5.69. The molecule has 2 aromatic rings. The number of amides is 1. The molecule has 1 fully saturated rings. The number of rotatable bonds is 4. The molecule has 1 aromatic heterocycles. The SMILES string of the molecule is O=C(c1ccc(Cl)cc1Cl)N(Cc1ccco1)[C@@H]1CCS(=O)(=O)C1. The molecule has 1 atom stereocenters. The van der Waals surface area contributed by atoms with Gasteiger partial charge in [-0.25, -0.2) is 8.42 Å². The van der Waals surface area contributed by atoms with Gasteiger partial charge in [0.25, 0.3) is 5.91 Å². The van der Waals surface area contributed by atoms with Gasteiger partial charge in [0.2, 0.25) is 0 Å². The van der Waals surface area contributed by atoms with Gasteiger partial charge in [-0.15, -0.1) is 0 Å². The van der Waals surface area contributed by atoms with E-state index in [0.29, 0.717) is 17.2 Å². The predicted molar refractivity (Wildman–Crippen MR) is 92.1 cm³/mol. The Labute approximate surface area is 150 Å². The fraction of sp³-hybridized carbons (Fsp3) is 0.312. The Balaban J connectivity index is 1.92. The molecule has 128 valence electrons. The summed E-state index contributed by atoms with van der Waals surface area (Å²) in [4.78, 5) is 14.5. The van der Waals surface area contributed by atoms with Crippen LogP contribution in [0.2, 0.25) is 10.0 Å². The maximum absolute atomic E-state index is 13.0. The molecule has 0 N–H and O–H groups in total. The third-order valence-electron chi connectivity index (χ3n) is 3.98. The molecule has 0 unspecified atom stereocenters. The van der Waals surface area contributed by atoms with E-state index in [-0.39, 0.29) is 34.5 Å². The van der Waals surface area contributed by atoms with Gasteiger partial charge in [-0.05, 0) is 36.8 Å². The van der Waals surface area contributed by atoms with E-state index in [0.717, 1.165) is 0 Å². The number of nitrogens with zero attached hydrogens (tertiary/aromatic N) is 1. The van der Waals surface area contributed by atoms with Crippen molar-refractivity contribution in [2.24, 2.45) is 0 Å². The zero-order valence-electron chi connectivity index (χ0n) is 12.6. The van der Waals surface area contributed by atoms with Crippen LogP contribution in [0.25, 0.3) is 0 Å². The third-order valence-corrected chi connectivity index (χ3v) is 6.28. The van der Waals surface area contributed by atoms with Crippen molar-refractivity contribution in [3.05, 3.63) is 58.0 Å². The maximum Gasteiger partial charge on any atom is 0.256 e. The maximum atomic E-state index is 13.0. The predicted octanol–water partition coefficient (Wildman–Crippen LogP) is 3.42. The van der Waals surface area contributed by atoms with Crippen molar-refractivity contribution in [3.63, 3.8) is 0 Å². The number of furan rings is 1. The first-order chi connectivity index (χ1) is 11.4. The molecule has 1 saturated heterocycles. The van der Waals surface area contributed by atoms with E-state index in [1.165, 1.54) is 17.2 Å². The molecular formula is C16H15Cl2NO4S. The molecule has 1 aliphatic rings. The monoisotopic (exact) mass is 387 g/mol. The molecule has 24 heavy (non-hydrogen) atoms. The van der Waals surface area contributed by atoms with Crippen LogP contribution in [-0.4, -0.2) is 36.8 Å². The highest BCUT2D eigenvalue weighted by Crippen LogP contribution is 2.27. The summed E-state index contributed by atoms with van der Waals surface area (Å²) in [5, 5.41) is 0.662. The molecule has 0 bridgehead atoms. The van der Waals surface area contributed by atoms with Gasteiger partial charge >= 0.3 is 0 Å². The Morgan fingerprint density at radius 2 is 2.08 bits per heavy atom. The second-order valence-corrected chi connectivity index (χ2v) is 8.77. The van der Waals surface area contributed by atoms with Gasteiger partial charge in [-0.2, -0.15) is 0 Å². The van der Waals surface area contributed by atoms with E-state index in [2.05, 4.69) is 0 Å². The zero-order valence-corrected chi connectivity index (χ0v) is 14.9. The van der Waals surface area contributed by atoms with Crippen molar-refractivity contribution < 1.29 is 17.6 Å². The summed E-state index contributed by atoms with van der Waals surface area (Å²) < 4.78 is 28.9. The Kier molecular flexibility index (Phi) is 4.90. The molecule has 0 spiro atoms. The number of halogens is 2. The first-order valence-electron chi connectivity index (χ1n) is 7.34. The largest absolute Gasteiger partial charge is 0.467 e. The minimum atomic E-state index is -3.13. The van der Waals surface area contributed by atoms with Gasteiger partial charge in [-0.1, -0.05) is 23.2 Å². The fourth-order valence-electron chi connectivity index (χ4n) is 2.78. The molecule has 0 saturated carbocycles. The van der Waals surface area contributed by atoms with E-state index in [1.54, 1.807) is 24.3 Å². The lowest BCUT2D eigenvalue weighted by Crippen LogP contribution is -2.40. The van der Waals surface area contributed by atoms with Crippen molar-refractivity contribution in [2.45, 2.75) is 19.0 Å². The molecule has 1 amide bonds. The molecule has 5 nitrogen and oxygen atoms in total. The number of hydrogen-bond acceptors (Lipinski definition) is 4. The van der Waals surface area contributed by atoms with Crippen LogP contribution in [0.3, 0.4) is 0 Å². The lowest BCUT2D eigenvalue weighted by atomic mass is 10.1. The summed E-state index contributed by atoms with van der Waals surface area (Å²) in [6, 6.07) is 7.68. The summed E-state index contributed by atoms with van der Waals surface area (Å²) in [6.45, 7) is 0.185.